The Hall–Kier alpha value is -2.31. The number of ether oxygens (including phenoxy) is 1. The summed E-state index contributed by atoms with van der Waals surface area (Å²) in [5.74, 6) is -0.0676. The molecular weight excluding hydrogens is 298 g/mol. The summed E-state index contributed by atoms with van der Waals surface area (Å²) in [6.07, 6.45) is -0.320. The van der Waals surface area contributed by atoms with Crippen molar-refractivity contribution in [2.45, 2.75) is 25.8 Å². The van der Waals surface area contributed by atoms with Gasteiger partial charge in [-0.05, 0) is 18.1 Å². The summed E-state index contributed by atoms with van der Waals surface area (Å²) in [6, 6.07) is 3.33. The molecule has 0 aromatic carbocycles. The number of hydrogen-bond donors (Lipinski definition) is 0. The Morgan fingerprint density at radius 1 is 1.26 bits per heavy atom. The first kappa shape index (κ1) is 15.6. The molecule has 124 valence electrons. The summed E-state index contributed by atoms with van der Waals surface area (Å²) in [4.78, 5) is 40.0. The number of carbonyl (C=O) groups excluding carboxylic acids is 2. The van der Waals surface area contributed by atoms with Gasteiger partial charge in [-0.1, -0.05) is 13.8 Å². The largest absolute Gasteiger partial charge is 0.447 e. The van der Waals surface area contributed by atoms with E-state index >= 15 is 0 Å². The lowest BCUT2D eigenvalue weighted by molar-refractivity contribution is 0.0614. The molecule has 1 aromatic heterocycles. The van der Waals surface area contributed by atoms with Gasteiger partial charge in [-0.15, -0.1) is 0 Å². The van der Waals surface area contributed by atoms with Crippen molar-refractivity contribution < 1.29 is 14.3 Å². The number of pyridine rings is 1. The molecule has 0 bridgehead atoms. The number of fused-ring (bicyclic) bond motifs is 1. The lowest BCUT2D eigenvalue weighted by atomic mass is 10.1. The molecule has 1 atom stereocenters. The van der Waals surface area contributed by atoms with E-state index in [1.54, 1.807) is 22.9 Å². The van der Waals surface area contributed by atoms with E-state index in [2.05, 4.69) is 0 Å². The zero-order chi connectivity index (χ0) is 16.7. The Balaban J connectivity index is 1.83. The first-order valence-electron chi connectivity index (χ1n) is 7.82. The first-order valence-corrected chi connectivity index (χ1v) is 7.82. The minimum Gasteiger partial charge on any atom is -0.447 e. The highest BCUT2D eigenvalue weighted by molar-refractivity contribution is 5.94. The SMILES string of the molecule is CC(C)c1ccc(C(=O)N2CCN3C(=O)OCC3C2)c(=O)n1C. The highest BCUT2D eigenvalue weighted by atomic mass is 16.6. The normalized spacial score (nSPS) is 20.7. The van der Waals surface area contributed by atoms with Crippen molar-refractivity contribution in [1.82, 2.24) is 14.4 Å². The van der Waals surface area contributed by atoms with Gasteiger partial charge in [0.15, 0.2) is 0 Å². The number of nitrogens with zero attached hydrogens (tertiary/aromatic N) is 3. The third-order valence-corrected chi connectivity index (χ3v) is 4.57. The molecule has 2 amide bonds. The van der Waals surface area contributed by atoms with Crippen LogP contribution in [0.25, 0.3) is 0 Å². The fraction of sp³-hybridized carbons (Fsp3) is 0.562. The molecule has 0 spiro atoms. The molecule has 2 aliphatic rings. The van der Waals surface area contributed by atoms with E-state index in [1.807, 2.05) is 19.9 Å². The quantitative estimate of drug-likeness (QED) is 0.808. The highest BCUT2D eigenvalue weighted by Crippen LogP contribution is 2.19. The predicted molar refractivity (Wildman–Crippen MR) is 83.5 cm³/mol. The molecule has 23 heavy (non-hydrogen) atoms. The molecule has 1 unspecified atom stereocenters. The molecule has 0 saturated carbocycles. The van der Waals surface area contributed by atoms with Crippen LogP contribution in [0.1, 0.15) is 35.8 Å². The maximum absolute atomic E-state index is 12.7. The average molecular weight is 319 g/mol. The molecule has 0 aliphatic carbocycles. The van der Waals surface area contributed by atoms with Crippen LogP contribution in [0.15, 0.2) is 16.9 Å². The Kier molecular flexibility index (Phi) is 3.87. The van der Waals surface area contributed by atoms with Crippen LogP contribution in [0, 0.1) is 0 Å². The molecule has 0 N–H and O–H groups in total. The van der Waals surface area contributed by atoms with Gasteiger partial charge in [0, 0.05) is 32.4 Å². The second kappa shape index (κ2) is 5.72. The second-order valence-electron chi connectivity index (χ2n) is 6.37. The van der Waals surface area contributed by atoms with Gasteiger partial charge in [0.1, 0.15) is 12.2 Å². The topological polar surface area (TPSA) is 71.9 Å². The fourth-order valence-corrected chi connectivity index (χ4v) is 3.24. The monoisotopic (exact) mass is 319 g/mol. The summed E-state index contributed by atoms with van der Waals surface area (Å²) in [7, 11) is 1.69. The summed E-state index contributed by atoms with van der Waals surface area (Å²) < 4.78 is 6.54. The van der Waals surface area contributed by atoms with Crippen LogP contribution < -0.4 is 5.56 Å². The standard InChI is InChI=1S/C16H21N3O4/c1-10(2)13-5-4-12(14(20)17(13)3)15(21)18-6-7-19-11(8-18)9-23-16(19)22/h4-5,10-11H,6-9H2,1-3H3. The number of aromatic nitrogens is 1. The van der Waals surface area contributed by atoms with E-state index in [0.717, 1.165) is 5.69 Å². The van der Waals surface area contributed by atoms with Crippen molar-refractivity contribution in [3.05, 3.63) is 33.7 Å². The smallest absolute Gasteiger partial charge is 0.410 e. The van der Waals surface area contributed by atoms with Crippen molar-refractivity contribution >= 4 is 12.0 Å². The minimum absolute atomic E-state index is 0.112. The second-order valence-corrected chi connectivity index (χ2v) is 6.37. The van der Waals surface area contributed by atoms with Crippen LogP contribution in [0.2, 0.25) is 0 Å². The zero-order valence-corrected chi connectivity index (χ0v) is 13.6. The minimum atomic E-state index is -0.320. The summed E-state index contributed by atoms with van der Waals surface area (Å²) >= 11 is 0. The Labute approximate surface area is 134 Å². The number of rotatable bonds is 2. The van der Waals surface area contributed by atoms with Crippen LogP contribution in [0.3, 0.4) is 0 Å². The molecule has 2 aliphatic heterocycles. The van der Waals surface area contributed by atoms with Crippen LogP contribution in [-0.2, 0) is 11.8 Å². The van der Waals surface area contributed by atoms with Crippen LogP contribution in [0.4, 0.5) is 4.79 Å². The third kappa shape index (κ3) is 2.60. The van der Waals surface area contributed by atoms with E-state index in [9.17, 15) is 14.4 Å². The van der Waals surface area contributed by atoms with Crippen LogP contribution in [0.5, 0.6) is 0 Å². The van der Waals surface area contributed by atoms with Gasteiger partial charge in [0.25, 0.3) is 11.5 Å². The third-order valence-electron chi connectivity index (χ3n) is 4.57. The maximum atomic E-state index is 12.7. The molecule has 3 rings (SSSR count). The Morgan fingerprint density at radius 3 is 2.70 bits per heavy atom. The molecule has 2 saturated heterocycles. The molecule has 1 aromatic rings. The van der Waals surface area contributed by atoms with Crippen molar-refractivity contribution in [3.63, 3.8) is 0 Å². The molecule has 7 nitrogen and oxygen atoms in total. The van der Waals surface area contributed by atoms with E-state index in [0.29, 0.717) is 26.2 Å². The fourth-order valence-electron chi connectivity index (χ4n) is 3.24. The van der Waals surface area contributed by atoms with Crippen molar-refractivity contribution in [3.8, 4) is 0 Å². The zero-order valence-electron chi connectivity index (χ0n) is 13.6. The number of carbonyl (C=O) groups is 2. The van der Waals surface area contributed by atoms with Gasteiger partial charge >= 0.3 is 6.09 Å². The van der Waals surface area contributed by atoms with Gasteiger partial charge in [-0.2, -0.15) is 0 Å². The van der Waals surface area contributed by atoms with Gasteiger partial charge in [-0.25, -0.2) is 4.79 Å². The lowest BCUT2D eigenvalue weighted by Gasteiger charge is -2.35. The van der Waals surface area contributed by atoms with Gasteiger partial charge in [0.2, 0.25) is 0 Å². The Morgan fingerprint density at radius 2 is 2.00 bits per heavy atom. The average Bonchev–Trinajstić information content (AvgIpc) is 2.89. The van der Waals surface area contributed by atoms with Gasteiger partial charge in [-0.3, -0.25) is 14.5 Å². The van der Waals surface area contributed by atoms with E-state index < -0.39 is 0 Å². The molecule has 3 heterocycles. The van der Waals surface area contributed by atoms with Crippen molar-refractivity contribution in [1.29, 1.82) is 0 Å². The van der Waals surface area contributed by atoms with E-state index in [1.165, 1.54) is 4.57 Å². The van der Waals surface area contributed by atoms with Crippen LogP contribution >= 0.6 is 0 Å². The summed E-state index contributed by atoms with van der Waals surface area (Å²) in [6.45, 7) is 5.57. The maximum Gasteiger partial charge on any atom is 0.410 e. The van der Waals surface area contributed by atoms with Crippen LogP contribution in [-0.4, -0.2) is 58.7 Å². The predicted octanol–water partition coefficient (Wildman–Crippen LogP) is 0.785. The lowest BCUT2D eigenvalue weighted by Crippen LogP contribution is -2.54. The van der Waals surface area contributed by atoms with E-state index in [-0.39, 0.29) is 35.1 Å². The molecular formula is C16H21N3O4. The number of amides is 2. The molecule has 0 radical (unpaired) electrons. The summed E-state index contributed by atoms with van der Waals surface area (Å²) in [5, 5.41) is 0. The first-order chi connectivity index (χ1) is 10.9. The van der Waals surface area contributed by atoms with E-state index in [4.69, 9.17) is 4.74 Å². The number of hydrogen-bond acceptors (Lipinski definition) is 4. The summed E-state index contributed by atoms with van der Waals surface area (Å²) in [5.41, 5.74) is 0.795. The molecule has 7 heteroatoms. The number of piperazine rings is 1. The molecule has 2 fully saturated rings. The number of cyclic esters (lactones) is 1. The van der Waals surface area contributed by atoms with Crippen molar-refractivity contribution in [2.75, 3.05) is 26.2 Å². The van der Waals surface area contributed by atoms with Gasteiger partial charge < -0.3 is 14.2 Å². The highest BCUT2D eigenvalue weighted by Gasteiger charge is 2.39. The van der Waals surface area contributed by atoms with Gasteiger partial charge in [0.05, 0.1) is 6.04 Å². The van der Waals surface area contributed by atoms with Crippen molar-refractivity contribution in [2.24, 2.45) is 7.05 Å². The Bertz CT molecular complexity index is 710.